The molecule has 0 saturated heterocycles. The lowest BCUT2D eigenvalue weighted by Crippen LogP contribution is -2.34. The van der Waals surface area contributed by atoms with Crippen molar-refractivity contribution in [1.82, 2.24) is 10.7 Å². The van der Waals surface area contributed by atoms with E-state index in [9.17, 15) is 14.4 Å². The molecule has 0 atom stereocenters. The van der Waals surface area contributed by atoms with Gasteiger partial charge >= 0.3 is 5.97 Å². The lowest BCUT2D eigenvalue weighted by Gasteiger charge is -2.10. The Morgan fingerprint density at radius 2 is 1.73 bits per heavy atom. The number of methoxy groups -OCH3 is 1. The van der Waals surface area contributed by atoms with E-state index < -0.39 is 17.8 Å². The Kier molecular flexibility index (Phi) is 9.88. The molecular weight excluding hydrogens is 521 g/mol. The van der Waals surface area contributed by atoms with E-state index in [0.29, 0.717) is 28.5 Å². The van der Waals surface area contributed by atoms with Crippen LogP contribution in [0.15, 0.2) is 65.8 Å². The van der Waals surface area contributed by atoms with Crippen molar-refractivity contribution in [2.75, 3.05) is 20.3 Å². The molecule has 3 aromatic rings. The third-order valence-corrected chi connectivity index (χ3v) is 5.33. The summed E-state index contributed by atoms with van der Waals surface area (Å²) >= 11 is 11.9. The predicted molar refractivity (Wildman–Crippen MR) is 140 cm³/mol. The average molecular weight is 544 g/mol. The molecule has 3 rings (SSSR count). The highest BCUT2D eigenvalue weighted by molar-refractivity contribution is 6.36. The zero-order valence-electron chi connectivity index (χ0n) is 19.9. The summed E-state index contributed by atoms with van der Waals surface area (Å²) < 4.78 is 16.0. The first-order valence-electron chi connectivity index (χ1n) is 11.0. The van der Waals surface area contributed by atoms with Crippen LogP contribution in [-0.2, 0) is 4.79 Å². The molecule has 0 bridgehead atoms. The number of benzene rings is 3. The summed E-state index contributed by atoms with van der Waals surface area (Å²) in [5.41, 5.74) is 3.42. The van der Waals surface area contributed by atoms with Crippen molar-refractivity contribution in [3.8, 4) is 17.2 Å². The zero-order valence-corrected chi connectivity index (χ0v) is 21.4. The van der Waals surface area contributed by atoms with E-state index in [2.05, 4.69) is 15.8 Å². The minimum Gasteiger partial charge on any atom is -0.494 e. The number of hydrazone groups is 1. The van der Waals surface area contributed by atoms with Gasteiger partial charge in [-0.2, -0.15) is 5.10 Å². The van der Waals surface area contributed by atoms with Gasteiger partial charge in [0.2, 0.25) is 0 Å². The van der Waals surface area contributed by atoms with Crippen molar-refractivity contribution in [3.05, 3.63) is 87.4 Å². The quantitative estimate of drug-likeness (QED) is 0.168. The molecule has 9 nitrogen and oxygen atoms in total. The number of nitrogens with zero attached hydrogens (tertiary/aromatic N) is 1. The van der Waals surface area contributed by atoms with Crippen molar-refractivity contribution < 1.29 is 28.6 Å². The summed E-state index contributed by atoms with van der Waals surface area (Å²) in [4.78, 5) is 36.7. The maximum atomic E-state index is 12.5. The Bertz CT molecular complexity index is 1310. The lowest BCUT2D eigenvalue weighted by atomic mass is 10.2. The number of halogens is 2. The maximum Gasteiger partial charge on any atom is 0.345 e. The molecule has 0 radical (unpaired) electrons. The molecule has 3 aromatic carbocycles. The second-order valence-electron chi connectivity index (χ2n) is 7.36. The van der Waals surface area contributed by atoms with Gasteiger partial charge in [-0.25, -0.2) is 10.2 Å². The van der Waals surface area contributed by atoms with Crippen LogP contribution in [0, 0.1) is 0 Å². The topological polar surface area (TPSA) is 115 Å². The Morgan fingerprint density at radius 3 is 2.41 bits per heavy atom. The number of hydrogen-bond donors (Lipinski definition) is 2. The van der Waals surface area contributed by atoms with Gasteiger partial charge in [0.25, 0.3) is 11.8 Å². The fourth-order valence-corrected chi connectivity index (χ4v) is 3.49. The maximum absolute atomic E-state index is 12.5. The lowest BCUT2D eigenvalue weighted by molar-refractivity contribution is -0.120. The zero-order chi connectivity index (χ0) is 26.8. The summed E-state index contributed by atoms with van der Waals surface area (Å²) in [5, 5.41) is 6.94. The van der Waals surface area contributed by atoms with E-state index in [4.69, 9.17) is 37.4 Å². The highest BCUT2D eigenvalue weighted by Gasteiger charge is 2.16. The van der Waals surface area contributed by atoms with Gasteiger partial charge in [-0.3, -0.25) is 9.59 Å². The first kappa shape index (κ1) is 27.5. The molecule has 0 aliphatic heterocycles. The highest BCUT2D eigenvalue weighted by Crippen LogP contribution is 2.30. The molecule has 0 unspecified atom stereocenters. The monoisotopic (exact) mass is 543 g/mol. The van der Waals surface area contributed by atoms with Gasteiger partial charge in [0.1, 0.15) is 5.75 Å². The van der Waals surface area contributed by atoms with E-state index in [-0.39, 0.29) is 28.6 Å². The van der Waals surface area contributed by atoms with Gasteiger partial charge in [-0.05, 0) is 73.2 Å². The Morgan fingerprint density at radius 1 is 0.973 bits per heavy atom. The number of ether oxygens (including phenoxy) is 3. The average Bonchev–Trinajstić information content (AvgIpc) is 2.88. The molecule has 0 spiro atoms. The molecule has 2 N–H and O–H groups in total. The molecule has 11 heteroatoms. The van der Waals surface area contributed by atoms with Crippen molar-refractivity contribution in [3.63, 3.8) is 0 Å². The van der Waals surface area contributed by atoms with E-state index in [1.54, 1.807) is 36.4 Å². The van der Waals surface area contributed by atoms with Crippen LogP contribution in [0.4, 0.5) is 0 Å². The van der Waals surface area contributed by atoms with E-state index >= 15 is 0 Å². The first-order chi connectivity index (χ1) is 17.8. The van der Waals surface area contributed by atoms with Gasteiger partial charge in [0.05, 0.1) is 37.1 Å². The molecule has 0 aliphatic rings. The first-order valence-corrected chi connectivity index (χ1v) is 11.7. The van der Waals surface area contributed by atoms with Crippen LogP contribution in [0.2, 0.25) is 10.0 Å². The van der Waals surface area contributed by atoms with Crippen molar-refractivity contribution in [1.29, 1.82) is 0 Å². The van der Waals surface area contributed by atoms with Gasteiger partial charge in [-0.1, -0.05) is 23.2 Å². The van der Waals surface area contributed by atoms with Crippen molar-refractivity contribution >= 4 is 47.2 Å². The van der Waals surface area contributed by atoms with Crippen LogP contribution in [0.3, 0.4) is 0 Å². The van der Waals surface area contributed by atoms with Gasteiger partial charge in [0.15, 0.2) is 11.5 Å². The van der Waals surface area contributed by atoms with Crippen molar-refractivity contribution in [2.24, 2.45) is 5.10 Å². The minimum absolute atomic E-state index is 0.149. The molecule has 2 amide bonds. The second-order valence-corrected chi connectivity index (χ2v) is 8.20. The molecule has 0 saturated carbocycles. The van der Waals surface area contributed by atoms with Crippen LogP contribution in [0.25, 0.3) is 0 Å². The third-order valence-electron chi connectivity index (χ3n) is 4.78. The summed E-state index contributed by atoms with van der Waals surface area (Å²) in [7, 11) is 1.41. The van der Waals surface area contributed by atoms with Crippen LogP contribution in [-0.4, -0.2) is 44.3 Å². The van der Waals surface area contributed by atoms with Crippen LogP contribution >= 0.6 is 23.2 Å². The molecular formula is C26H23Cl2N3O6. The Balaban J connectivity index is 1.53. The summed E-state index contributed by atoms with van der Waals surface area (Å²) in [6.45, 7) is 2.12. The smallest absolute Gasteiger partial charge is 0.345 e. The van der Waals surface area contributed by atoms with Gasteiger partial charge in [-0.15, -0.1) is 0 Å². The number of carbonyl (C=O) groups is 3. The molecule has 0 heterocycles. The standard InChI is InChI=1S/C26H23Cl2N3O6/c1-3-36-19-8-5-17(6-9-19)25(33)29-15-24(32)31-30-14-16-4-11-22(23(12-16)35-2)37-26(34)20-10-7-18(27)13-21(20)28/h4-14H,3,15H2,1-2H3,(H,29,33)(H,31,32)/b30-14+. The number of rotatable bonds is 10. The van der Waals surface area contributed by atoms with Gasteiger partial charge in [0, 0.05) is 10.6 Å². The molecule has 0 aromatic heterocycles. The normalized spacial score (nSPS) is 10.6. The summed E-state index contributed by atoms with van der Waals surface area (Å²) in [5.74, 6) is -0.529. The molecule has 37 heavy (non-hydrogen) atoms. The fourth-order valence-electron chi connectivity index (χ4n) is 3.01. The van der Waals surface area contributed by atoms with Gasteiger partial charge < -0.3 is 19.5 Å². The predicted octanol–water partition coefficient (Wildman–Crippen LogP) is 4.50. The minimum atomic E-state index is -0.680. The third kappa shape index (κ3) is 7.96. The number of nitrogens with one attached hydrogen (secondary N) is 2. The Hall–Kier alpha value is -4.08. The summed E-state index contributed by atoms with van der Waals surface area (Å²) in [6, 6.07) is 15.7. The summed E-state index contributed by atoms with van der Waals surface area (Å²) in [6.07, 6.45) is 1.37. The second kappa shape index (κ2) is 13.3. The fraction of sp³-hybridized carbons (Fsp3) is 0.154. The SMILES string of the molecule is CCOc1ccc(C(=O)NCC(=O)N/N=C/c2ccc(OC(=O)c3ccc(Cl)cc3Cl)c(OC)c2)cc1. The highest BCUT2D eigenvalue weighted by atomic mass is 35.5. The molecule has 0 aliphatic carbocycles. The number of amides is 2. The largest absolute Gasteiger partial charge is 0.494 e. The Labute approximate surface area is 223 Å². The molecule has 192 valence electrons. The number of carbonyl (C=O) groups excluding carboxylic acids is 3. The van der Waals surface area contributed by atoms with Crippen molar-refractivity contribution in [2.45, 2.75) is 6.92 Å². The van der Waals surface area contributed by atoms with E-state index in [0.717, 1.165) is 0 Å². The number of esters is 1. The van der Waals surface area contributed by atoms with E-state index in [1.807, 2.05) is 6.92 Å². The van der Waals surface area contributed by atoms with Crippen LogP contribution < -0.4 is 25.0 Å². The van der Waals surface area contributed by atoms with Crippen LogP contribution in [0.1, 0.15) is 33.2 Å². The van der Waals surface area contributed by atoms with Crippen LogP contribution in [0.5, 0.6) is 17.2 Å². The van der Waals surface area contributed by atoms with E-state index in [1.165, 1.54) is 37.6 Å². The number of hydrogen-bond acceptors (Lipinski definition) is 7. The molecule has 0 fully saturated rings.